The van der Waals surface area contributed by atoms with Gasteiger partial charge in [0, 0.05) is 5.02 Å². The second-order valence-corrected chi connectivity index (χ2v) is 8.71. The van der Waals surface area contributed by atoms with E-state index in [1.165, 1.54) is 17.2 Å². The van der Waals surface area contributed by atoms with Gasteiger partial charge in [0.15, 0.2) is 6.10 Å². The molecule has 0 aromatic heterocycles. The molecule has 2 fully saturated rings. The zero-order valence-corrected chi connectivity index (χ0v) is 18.5. The van der Waals surface area contributed by atoms with Crippen molar-refractivity contribution in [2.45, 2.75) is 25.2 Å². The predicted octanol–water partition coefficient (Wildman–Crippen LogP) is 5.72. The van der Waals surface area contributed by atoms with Gasteiger partial charge in [-0.25, -0.2) is 9.96 Å². The van der Waals surface area contributed by atoms with Crippen LogP contribution >= 0.6 is 11.6 Å². The smallest absolute Gasteiger partial charge is 0.273 e. The molecule has 2 saturated heterocycles. The Morgan fingerprint density at radius 2 is 1.56 bits per heavy atom. The molecule has 0 spiro atoms. The van der Waals surface area contributed by atoms with E-state index in [9.17, 15) is 22.8 Å². The molecule has 2 heterocycles. The number of rotatable bonds is 3. The Hall–Kier alpha value is -3.36. The zero-order chi connectivity index (χ0) is 24.2. The molecule has 0 unspecified atom stereocenters. The Balaban J connectivity index is 1.57. The van der Waals surface area contributed by atoms with Gasteiger partial charge < -0.3 is 0 Å². The molecular weight excluding hydrogens is 469 g/mol. The maximum absolute atomic E-state index is 13.5. The van der Waals surface area contributed by atoms with Crippen molar-refractivity contribution < 1.29 is 27.6 Å². The number of anilines is 2. The lowest BCUT2D eigenvalue weighted by molar-refractivity contribution is -0.137. The molecule has 34 heavy (non-hydrogen) atoms. The van der Waals surface area contributed by atoms with Crippen LogP contribution in [0.5, 0.6) is 0 Å². The van der Waals surface area contributed by atoms with E-state index in [4.69, 9.17) is 16.4 Å². The van der Waals surface area contributed by atoms with E-state index in [0.29, 0.717) is 10.7 Å². The van der Waals surface area contributed by atoms with Gasteiger partial charge in [0.25, 0.3) is 5.91 Å². The fraction of sp³-hybridized carbons (Fsp3) is 0.200. The maximum atomic E-state index is 13.5. The van der Waals surface area contributed by atoms with E-state index in [0.717, 1.165) is 28.2 Å². The van der Waals surface area contributed by atoms with E-state index in [1.807, 2.05) is 31.2 Å². The molecule has 0 radical (unpaired) electrons. The lowest BCUT2D eigenvalue weighted by Crippen LogP contribution is -2.37. The summed E-state index contributed by atoms with van der Waals surface area (Å²) in [6, 6.07) is 17.7. The molecule has 0 saturated carbocycles. The number of imide groups is 1. The minimum atomic E-state index is -4.61. The summed E-state index contributed by atoms with van der Waals surface area (Å²) in [6.45, 7) is 1.92. The average molecular weight is 487 g/mol. The summed E-state index contributed by atoms with van der Waals surface area (Å²) in [7, 11) is 0. The molecule has 5 rings (SSSR count). The van der Waals surface area contributed by atoms with Crippen molar-refractivity contribution in [2.24, 2.45) is 5.92 Å². The number of carbonyl (C=O) groups excluding carboxylic acids is 2. The van der Waals surface area contributed by atoms with Gasteiger partial charge in [-0.2, -0.15) is 13.2 Å². The van der Waals surface area contributed by atoms with Crippen molar-refractivity contribution in [3.8, 4) is 0 Å². The van der Waals surface area contributed by atoms with E-state index < -0.39 is 41.6 Å². The standard InChI is InChI=1S/C25H18ClF3N2O3/c1-14-5-7-15(8-6-14)21-20-22(34-31(21)18-11-9-17(26)10-12-18)24(33)30(23(20)32)19-4-2-3-16(13-19)25(27,28)29/h2-13,20-22H,1H3/t20-,21-,22-/m0/s1. The van der Waals surface area contributed by atoms with Crippen LogP contribution in [0.2, 0.25) is 5.02 Å². The lowest BCUT2D eigenvalue weighted by atomic mass is 9.90. The van der Waals surface area contributed by atoms with Crippen LogP contribution < -0.4 is 9.96 Å². The number of amides is 2. The first-order chi connectivity index (χ1) is 16.1. The summed E-state index contributed by atoms with van der Waals surface area (Å²) in [5.74, 6) is -2.26. The van der Waals surface area contributed by atoms with Crippen LogP contribution in [0.4, 0.5) is 24.5 Å². The number of halogens is 4. The molecule has 2 aliphatic heterocycles. The van der Waals surface area contributed by atoms with E-state index in [1.54, 1.807) is 24.3 Å². The highest BCUT2D eigenvalue weighted by Crippen LogP contribution is 2.48. The van der Waals surface area contributed by atoms with Crippen LogP contribution in [0, 0.1) is 12.8 Å². The number of carbonyl (C=O) groups is 2. The van der Waals surface area contributed by atoms with Crippen LogP contribution in [0.25, 0.3) is 0 Å². The van der Waals surface area contributed by atoms with Crippen molar-refractivity contribution >= 4 is 34.8 Å². The molecule has 0 aliphatic carbocycles. The van der Waals surface area contributed by atoms with Gasteiger partial charge >= 0.3 is 6.18 Å². The van der Waals surface area contributed by atoms with E-state index in [2.05, 4.69) is 0 Å². The first-order valence-corrected chi connectivity index (χ1v) is 10.9. The highest BCUT2D eigenvalue weighted by atomic mass is 35.5. The van der Waals surface area contributed by atoms with E-state index >= 15 is 0 Å². The molecule has 2 amide bonds. The predicted molar refractivity (Wildman–Crippen MR) is 120 cm³/mol. The summed E-state index contributed by atoms with van der Waals surface area (Å²) in [6.07, 6.45) is -5.78. The van der Waals surface area contributed by atoms with Crippen molar-refractivity contribution in [3.63, 3.8) is 0 Å². The second kappa shape index (κ2) is 8.14. The number of nitrogens with zero attached hydrogens (tertiary/aromatic N) is 2. The molecule has 0 N–H and O–H groups in total. The Kier molecular flexibility index (Phi) is 5.37. The van der Waals surface area contributed by atoms with Gasteiger partial charge in [-0.1, -0.05) is 47.5 Å². The Morgan fingerprint density at radius 3 is 2.21 bits per heavy atom. The molecule has 0 bridgehead atoms. The summed E-state index contributed by atoms with van der Waals surface area (Å²) >= 11 is 6.01. The molecule has 3 atom stereocenters. The van der Waals surface area contributed by atoms with Crippen molar-refractivity contribution in [1.29, 1.82) is 0 Å². The SMILES string of the molecule is Cc1ccc([C@H]2[C@@H]3C(=O)N(c4cccc(C(F)(F)F)c4)C(=O)[C@H]3ON2c2ccc(Cl)cc2)cc1. The van der Waals surface area contributed by atoms with Crippen molar-refractivity contribution in [2.75, 3.05) is 9.96 Å². The van der Waals surface area contributed by atoms with Gasteiger partial charge in [-0.05, 0) is 55.0 Å². The largest absolute Gasteiger partial charge is 0.416 e. The summed E-state index contributed by atoms with van der Waals surface area (Å²) in [5.41, 5.74) is 1.26. The Bertz CT molecular complexity index is 1260. The lowest BCUT2D eigenvalue weighted by Gasteiger charge is -2.29. The topological polar surface area (TPSA) is 49.9 Å². The molecule has 9 heteroatoms. The van der Waals surface area contributed by atoms with Gasteiger partial charge in [0.1, 0.15) is 5.92 Å². The zero-order valence-electron chi connectivity index (χ0n) is 17.8. The first kappa shape index (κ1) is 22.4. The minimum absolute atomic E-state index is 0.136. The highest BCUT2D eigenvalue weighted by Gasteiger charge is 2.60. The number of hydrogen-bond acceptors (Lipinski definition) is 4. The normalized spacial score (nSPS) is 22.4. The molecule has 3 aromatic carbocycles. The number of fused-ring (bicyclic) bond motifs is 1. The fourth-order valence-electron chi connectivity index (χ4n) is 4.40. The number of alkyl halides is 3. The van der Waals surface area contributed by atoms with Crippen molar-refractivity contribution in [1.82, 2.24) is 0 Å². The molecular formula is C25H18ClF3N2O3. The summed E-state index contributed by atoms with van der Waals surface area (Å²) < 4.78 is 39.7. The van der Waals surface area contributed by atoms with Gasteiger partial charge in [-0.15, -0.1) is 0 Å². The first-order valence-electron chi connectivity index (χ1n) is 10.5. The number of aryl methyl sites for hydroxylation is 1. The van der Waals surface area contributed by atoms with Crippen LogP contribution in [0.1, 0.15) is 22.7 Å². The third-order valence-electron chi connectivity index (χ3n) is 6.05. The Morgan fingerprint density at radius 1 is 0.882 bits per heavy atom. The van der Waals surface area contributed by atoms with E-state index in [-0.39, 0.29) is 5.69 Å². The van der Waals surface area contributed by atoms with Crippen LogP contribution in [-0.4, -0.2) is 17.9 Å². The minimum Gasteiger partial charge on any atom is -0.273 e. The summed E-state index contributed by atoms with van der Waals surface area (Å²) in [5, 5.41) is 2.02. The van der Waals surface area contributed by atoms with Crippen LogP contribution in [0.15, 0.2) is 72.8 Å². The third-order valence-corrected chi connectivity index (χ3v) is 6.30. The number of benzene rings is 3. The van der Waals surface area contributed by atoms with Gasteiger partial charge in [-0.3, -0.25) is 14.4 Å². The second-order valence-electron chi connectivity index (χ2n) is 8.27. The maximum Gasteiger partial charge on any atom is 0.416 e. The number of hydroxylamine groups is 1. The van der Waals surface area contributed by atoms with Crippen molar-refractivity contribution in [3.05, 3.63) is 94.5 Å². The molecule has 5 nitrogen and oxygen atoms in total. The molecule has 174 valence electrons. The van der Waals surface area contributed by atoms with Gasteiger partial charge in [0.2, 0.25) is 5.91 Å². The fourth-order valence-corrected chi connectivity index (χ4v) is 4.53. The molecule has 2 aliphatic rings. The van der Waals surface area contributed by atoms with Crippen LogP contribution in [0.3, 0.4) is 0 Å². The van der Waals surface area contributed by atoms with Crippen LogP contribution in [-0.2, 0) is 20.6 Å². The monoisotopic (exact) mass is 486 g/mol. The highest BCUT2D eigenvalue weighted by molar-refractivity contribution is 6.30. The summed E-state index contributed by atoms with van der Waals surface area (Å²) in [4.78, 5) is 33.6. The quantitative estimate of drug-likeness (QED) is 0.444. The van der Waals surface area contributed by atoms with Gasteiger partial charge in [0.05, 0.1) is 23.0 Å². The molecule has 3 aromatic rings. The number of hydrogen-bond donors (Lipinski definition) is 0. The third kappa shape index (κ3) is 3.73. The average Bonchev–Trinajstić information content (AvgIpc) is 3.30. The Labute approximate surface area is 198 Å².